The van der Waals surface area contributed by atoms with E-state index in [0.717, 1.165) is 0 Å². The van der Waals surface area contributed by atoms with Crippen LogP contribution in [0.5, 0.6) is 0 Å². The van der Waals surface area contributed by atoms with Gasteiger partial charge in [-0.1, -0.05) is 20.8 Å². The van der Waals surface area contributed by atoms with Crippen molar-refractivity contribution in [3.8, 4) is 0 Å². The molecule has 1 aliphatic rings. The van der Waals surface area contributed by atoms with Crippen LogP contribution in [0, 0.1) is 17.3 Å². The van der Waals surface area contributed by atoms with E-state index in [1.165, 1.54) is 0 Å². The SMILES string of the molecule is C[C@H]1C(=O)CC[C@H](C(=O)O)C1(C)C. The maximum atomic E-state index is 11.4. The Kier molecular flexibility index (Phi) is 2.46. The highest BCUT2D eigenvalue weighted by molar-refractivity contribution is 5.85. The van der Waals surface area contributed by atoms with Gasteiger partial charge in [0.15, 0.2) is 0 Å². The lowest BCUT2D eigenvalue weighted by molar-refractivity contribution is -0.152. The van der Waals surface area contributed by atoms with Crippen molar-refractivity contribution < 1.29 is 14.7 Å². The molecule has 0 spiro atoms. The molecule has 0 aromatic carbocycles. The predicted octanol–water partition coefficient (Wildman–Crippen LogP) is 1.71. The van der Waals surface area contributed by atoms with Crippen molar-refractivity contribution in [3.63, 3.8) is 0 Å². The lowest BCUT2D eigenvalue weighted by atomic mass is 9.62. The maximum Gasteiger partial charge on any atom is 0.307 e. The van der Waals surface area contributed by atoms with Crippen LogP contribution in [0.1, 0.15) is 33.6 Å². The second-order valence-electron chi connectivity index (χ2n) is 4.44. The fourth-order valence-electron chi connectivity index (χ4n) is 2.03. The molecule has 1 rings (SSSR count). The molecule has 3 nitrogen and oxygen atoms in total. The molecule has 0 radical (unpaired) electrons. The molecular formula is C10H16O3. The summed E-state index contributed by atoms with van der Waals surface area (Å²) in [5.74, 6) is -1.09. The van der Waals surface area contributed by atoms with E-state index in [0.29, 0.717) is 12.8 Å². The van der Waals surface area contributed by atoms with Crippen LogP contribution in [0.4, 0.5) is 0 Å². The van der Waals surface area contributed by atoms with E-state index in [1.54, 1.807) is 0 Å². The molecule has 0 aliphatic heterocycles. The summed E-state index contributed by atoms with van der Waals surface area (Å²) in [4.78, 5) is 22.3. The van der Waals surface area contributed by atoms with Crippen LogP contribution in [0.25, 0.3) is 0 Å². The summed E-state index contributed by atoms with van der Waals surface area (Å²) in [6, 6.07) is 0. The predicted molar refractivity (Wildman–Crippen MR) is 48.3 cm³/mol. The molecule has 0 heterocycles. The molecule has 0 amide bonds. The molecule has 74 valence electrons. The minimum absolute atomic E-state index is 0.137. The second-order valence-corrected chi connectivity index (χ2v) is 4.44. The molecule has 0 saturated heterocycles. The average molecular weight is 184 g/mol. The molecule has 0 aromatic rings. The minimum Gasteiger partial charge on any atom is -0.481 e. The highest BCUT2D eigenvalue weighted by Crippen LogP contribution is 2.43. The number of aliphatic carboxylic acids is 1. The number of carbonyl (C=O) groups excluding carboxylic acids is 1. The van der Waals surface area contributed by atoms with Gasteiger partial charge in [0.25, 0.3) is 0 Å². The van der Waals surface area contributed by atoms with Crippen LogP contribution in [0.3, 0.4) is 0 Å². The number of hydrogen-bond acceptors (Lipinski definition) is 2. The zero-order chi connectivity index (χ0) is 10.2. The van der Waals surface area contributed by atoms with Crippen LogP contribution >= 0.6 is 0 Å². The van der Waals surface area contributed by atoms with Gasteiger partial charge in [0.1, 0.15) is 5.78 Å². The van der Waals surface area contributed by atoms with Crippen molar-refractivity contribution in [2.45, 2.75) is 33.6 Å². The molecule has 0 bridgehead atoms. The zero-order valence-electron chi connectivity index (χ0n) is 8.33. The Balaban J connectivity index is 2.92. The van der Waals surface area contributed by atoms with Gasteiger partial charge in [0, 0.05) is 12.3 Å². The number of ketones is 1. The van der Waals surface area contributed by atoms with E-state index < -0.39 is 11.4 Å². The number of Topliss-reactive ketones (excluding diaryl/α,β-unsaturated/α-hetero) is 1. The summed E-state index contributed by atoms with van der Waals surface area (Å²) in [5, 5.41) is 8.97. The number of carboxylic acids is 1. The molecule has 1 aliphatic carbocycles. The normalized spacial score (nSPS) is 33.0. The first-order valence-corrected chi connectivity index (χ1v) is 4.63. The summed E-state index contributed by atoms with van der Waals surface area (Å²) in [7, 11) is 0. The van der Waals surface area contributed by atoms with Gasteiger partial charge < -0.3 is 5.11 Å². The summed E-state index contributed by atoms with van der Waals surface area (Å²) in [6.07, 6.45) is 0.910. The molecule has 0 unspecified atom stereocenters. The van der Waals surface area contributed by atoms with Crippen molar-refractivity contribution in [2.75, 3.05) is 0 Å². The van der Waals surface area contributed by atoms with Crippen LogP contribution in [-0.4, -0.2) is 16.9 Å². The van der Waals surface area contributed by atoms with E-state index in [2.05, 4.69) is 0 Å². The van der Waals surface area contributed by atoms with E-state index in [-0.39, 0.29) is 17.6 Å². The first-order chi connectivity index (χ1) is 5.87. The number of carbonyl (C=O) groups is 2. The molecule has 13 heavy (non-hydrogen) atoms. The Hall–Kier alpha value is -0.860. The minimum atomic E-state index is -0.774. The van der Waals surface area contributed by atoms with Gasteiger partial charge >= 0.3 is 5.97 Å². The topological polar surface area (TPSA) is 54.4 Å². The fourth-order valence-corrected chi connectivity index (χ4v) is 2.03. The average Bonchev–Trinajstić information content (AvgIpc) is 1.99. The molecule has 1 fully saturated rings. The van der Waals surface area contributed by atoms with Gasteiger partial charge in [-0.2, -0.15) is 0 Å². The number of rotatable bonds is 1. The Morgan fingerprint density at radius 3 is 2.54 bits per heavy atom. The van der Waals surface area contributed by atoms with E-state index in [4.69, 9.17) is 5.11 Å². The molecule has 3 heteroatoms. The number of hydrogen-bond donors (Lipinski definition) is 1. The van der Waals surface area contributed by atoms with Gasteiger partial charge in [-0.25, -0.2) is 0 Å². The van der Waals surface area contributed by atoms with E-state index >= 15 is 0 Å². The summed E-state index contributed by atoms with van der Waals surface area (Å²) >= 11 is 0. The lowest BCUT2D eigenvalue weighted by Gasteiger charge is -2.40. The summed E-state index contributed by atoms with van der Waals surface area (Å²) in [6.45, 7) is 5.57. The van der Waals surface area contributed by atoms with Crippen molar-refractivity contribution in [1.82, 2.24) is 0 Å². The van der Waals surface area contributed by atoms with Crippen molar-refractivity contribution in [1.29, 1.82) is 0 Å². The van der Waals surface area contributed by atoms with Gasteiger partial charge in [-0.05, 0) is 11.8 Å². The highest BCUT2D eigenvalue weighted by atomic mass is 16.4. The largest absolute Gasteiger partial charge is 0.481 e. The van der Waals surface area contributed by atoms with Crippen LogP contribution in [-0.2, 0) is 9.59 Å². The fraction of sp³-hybridized carbons (Fsp3) is 0.800. The Labute approximate surface area is 78.1 Å². The first kappa shape index (κ1) is 10.2. The number of carboxylic acid groups (broad SMARTS) is 1. The third-order valence-electron chi connectivity index (χ3n) is 3.47. The maximum absolute atomic E-state index is 11.4. The van der Waals surface area contributed by atoms with Gasteiger partial charge in [-0.3, -0.25) is 9.59 Å². The van der Waals surface area contributed by atoms with Crippen molar-refractivity contribution in [3.05, 3.63) is 0 Å². The highest BCUT2D eigenvalue weighted by Gasteiger charge is 2.45. The van der Waals surface area contributed by atoms with E-state index in [9.17, 15) is 9.59 Å². The first-order valence-electron chi connectivity index (χ1n) is 4.63. The van der Waals surface area contributed by atoms with E-state index in [1.807, 2.05) is 20.8 Å². The Bertz CT molecular complexity index is 243. The van der Waals surface area contributed by atoms with Crippen LogP contribution < -0.4 is 0 Å². The van der Waals surface area contributed by atoms with Crippen LogP contribution in [0.2, 0.25) is 0 Å². The summed E-state index contributed by atoms with van der Waals surface area (Å²) < 4.78 is 0. The van der Waals surface area contributed by atoms with Crippen molar-refractivity contribution in [2.24, 2.45) is 17.3 Å². The Morgan fingerprint density at radius 1 is 1.54 bits per heavy atom. The summed E-state index contributed by atoms with van der Waals surface area (Å²) in [5.41, 5.74) is -0.402. The third-order valence-corrected chi connectivity index (χ3v) is 3.47. The Morgan fingerprint density at radius 2 is 2.08 bits per heavy atom. The lowest BCUT2D eigenvalue weighted by Crippen LogP contribution is -2.43. The van der Waals surface area contributed by atoms with Crippen molar-refractivity contribution >= 4 is 11.8 Å². The monoisotopic (exact) mass is 184 g/mol. The standard InChI is InChI=1S/C10H16O3/c1-6-8(11)5-4-7(9(12)13)10(6,2)3/h6-7H,4-5H2,1-3H3,(H,12,13)/t6-,7+/m0/s1. The smallest absolute Gasteiger partial charge is 0.307 e. The molecule has 1 N–H and O–H groups in total. The van der Waals surface area contributed by atoms with Gasteiger partial charge in [0.2, 0.25) is 0 Å². The molecular weight excluding hydrogens is 168 g/mol. The molecule has 2 atom stereocenters. The third kappa shape index (κ3) is 1.60. The second kappa shape index (κ2) is 3.13. The van der Waals surface area contributed by atoms with Gasteiger partial charge in [0.05, 0.1) is 5.92 Å². The zero-order valence-corrected chi connectivity index (χ0v) is 8.33. The molecule has 0 aromatic heterocycles. The van der Waals surface area contributed by atoms with Crippen LogP contribution in [0.15, 0.2) is 0 Å². The van der Waals surface area contributed by atoms with Gasteiger partial charge in [-0.15, -0.1) is 0 Å². The molecule has 1 saturated carbocycles. The quantitative estimate of drug-likeness (QED) is 0.675.